The van der Waals surface area contributed by atoms with E-state index in [-0.39, 0.29) is 6.04 Å². The van der Waals surface area contributed by atoms with E-state index in [0.717, 1.165) is 17.0 Å². The number of urea groups is 1. The maximum absolute atomic E-state index is 12.2. The number of carbonyl (C=O) groups excluding carboxylic acids is 1. The van der Waals surface area contributed by atoms with Crippen molar-refractivity contribution in [1.82, 2.24) is 5.43 Å². The Kier molecular flexibility index (Phi) is 5.09. The van der Waals surface area contributed by atoms with Crippen molar-refractivity contribution >= 4 is 46.1 Å². The van der Waals surface area contributed by atoms with Gasteiger partial charge in [-0.15, -0.1) is 11.3 Å². The smallest absolute Gasteiger partial charge is 0.339 e. The summed E-state index contributed by atoms with van der Waals surface area (Å²) >= 11 is 7.56. The summed E-state index contributed by atoms with van der Waals surface area (Å²) in [6.45, 7) is 0. The summed E-state index contributed by atoms with van der Waals surface area (Å²) in [7, 11) is 0. The van der Waals surface area contributed by atoms with Gasteiger partial charge in [0.25, 0.3) is 0 Å². The molecule has 7 heteroatoms. The highest BCUT2D eigenvalue weighted by atomic mass is 35.5. The number of amides is 2. The van der Waals surface area contributed by atoms with E-state index in [1.807, 2.05) is 30.3 Å². The molecule has 27 heavy (non-hydrogen) atoms. The first-order valence-corrected chi connectivity index (χ1v) is 9.73. The normalized spacial score (nSPS) is 17.1. The first-order chi connectivity index (χ1) is 13.2. The fraction of sp³-hybridized carbons (Fsp3) is 0.100. The number of halogens is 1. The highest BCUT2D eigenvalue weighted by Crippen LogP contribution is 2.34. The number of nitrogens with zero attached hydrogens (tertiary/aromatic N) is 1. The van der Waals surface area contributed by atoms with Gasteiger partial charge in [-0.2, -0.15) is 5.10 Å². The van der Waals surface area contributed by atoms with Crippen LogP contribution in [0.3, 0.4) is 0 Å². The van der Waals surface area contributed by atoms with Crippen LogP contribution in [0.25, 0.3) is 0 Å². The average Bonchev–Trinajstić information content (AvgIpc) is 3.22. The second-order valence-corrected chi connectivity index (χ2v) is 7.51. The van der Waals surface area contributed by atoms with Crippen molar-refractivity contribution in [2.75, 3.05) is 10.6 Å². The molecule has 0 saturated carbocycles. The van der Waals surface area contributed by atoms with E-state index >= 15 is 0 Å². The molecular formula is C20H17ClN4OS. The van der Waals surface area contributed by atoms with Gasteiger partial charge in [0.05, 0.1) is 11.8 Å². The molecule has 1 unspecified atom stereocenters. The van der Waals surface area contributed by atoms with Gasteiger partial charge < -0.3 is 10.6 Å². The van der Waals surface area contributed by atoms with Crippen molar-refractivity contribution in [1.29, 1.82) is 0 Å². The number of nitrogens with one attached hydrogen (secondary N) is 3. The lowest BCUT2D eigenvalue weighted by atomic mass is 9.95. The highest BCUT2D eigenvalue weighted by Gasteiger charge is 2.24. The summed E-state index contributed by atoms with van der Waals surface area (Å²) in [6.07, 6.45) is 0.693. The molecule has 1 atom stereocenters. The number of thiophene rings is 1. The predicted molar refractivity (Wildman–Crippen MR) is 112 cm³/mol. The highest BCUT2D eigenvalue weighted by molar-refractivity contribution is 7.10. The topological polar surface area (TPSA) is 65.5 Å². The number of benzene rings is 2. The molecule has 5 nitrogen and oxygen atoms in total. The SMILES string of the molecule is O=C(NN=C1CC(c2cccs2)Nc2ccccc21)Nc1ccc(Cl)cc1. The van der Waals surface area contributed by atoms with Crippen molar-refractivity contribution in [3.05, 3.63) is 81.5 Å². The molecule has 0 fully saturated rings. The molecule has 1 aliphatic rings. The summed E-state index contributed by atoms with van der Waals surface area (Å²) in [6, 6.07) is 18.8. The summed E-state index contributed by atoms with van der Waals surface area (Å²) < 4.78 is 0. The molecule has 136 valence electrons. The standard InChI is InChI=1S/C20H17ClN4OS/c21-13-7-9-14(10-8-13)22-20(26)25-24-17-12-18(19-6-3-11-27-19)23-16-5-2-1-4-15(16)17/h1-11,18,23H,12H2,(H2,22,25,26). The van der Waals surface area contributed by atoms with Crippen molar-refractivity contribution in [2.24, 2.45) is 5.10 Å². The zero-order valence-corrected chi connectivity index (χ0v) is 15.8. The van der Waals surface area contributed by atoms with E-state index in [0.29, 0.717) is 17.1 Å². The van der Waals surface area contributed by atoms with E-state index in [1.54, 1.807) is 35.6 Å². The van der Waals surface area contributed by atoms with Gasteiger partial charge >= 0.3 is 6.03 Å². The fourth-order valence-corrected chi connectivity index (χ4v) is 3.88. The quantitative estimate of drug-likeness (QED) is 0.513. The Bertz CT molecular complexity index is 970. The number of para-hydroxylation sites is 1. The Labute approximate surface area is 166 Å². The number of rotatable bonds is 3. The maximum atomic E-state index is 12.2. The van der Waals surface area contributed by atoms with Crippen LogP contribution in [0.4, 0.5) is 16.2 Å². The number of hydrogen-bond acceptors (Lipinski definition) is 4. The minimum Gasteiger partial charge on any atom is -0.376 e. The van der Waals surface area contributed by atoms with Crippen LogP contribution in [0.1, 0.15) is 22.9 Å². The number of fused-ring (bicyclic) bond motifs is 1. The van der Waals surface area contributed by atoms with Gasteiger partial charge in [-0.1, -0.05) is 35.9 Å². The second kappa shape index (κ2) is 7.82. The van der Waals surface area contributed by atoms with Crippen LogP contribution in [-0.2, 0) is 0 Å². The molecule has 1 aliphatic heterocycles. The summed E-state index contributed by atoms with van der Waals surface area (Å²) in [5.74, 6) is 0. The maximum Gasteiger partial charge on any atom is 0.339 e. The molecule has 2 heterocycles. The van der Waals surface area contributed by atoms with Crippen molar-refractivity contribution in [3.63, 3.8) is 0 Å². The minimum absolute atomic E-state index is 0.139. The van der Waals surface area contributed by atoms with E-state index in [1.165, 1.54) is 4.88 Å². The van der Waals surface area contributed by atoms with Crippen LogP contribution in [0, 0.1) is 0 Å². The number of hydrazone groups is 1. The largest absolute Gasteiger partial charge is 0.376 e. The van der Waals surface area contributed by atoms with Crippen LogP contribution in [-0.4, -0.2) is 11.7 Å². The minimum atomic E-state index is -0.395. The molecule has 0 radical (unpaired) electrons. The summed E-state index contributed by atoms with van der Waals surface area (Å²) in [4.78, 5) is 13.4. The van der Waals surface area contributed by atoms with Gasteiger partial charge in [-0.25, -0.2) is 10.2 Å². The molecule has 0 spiro atoms. The number of anilines is 2. The Hall–Kier alpha value is -2.83. The zero-order chi connectivity index (χ0) is 18.6. The predicted octanol–water partition coefficient (Wildman–Crippen LogP) is 5.48. The van der Waals surface area contributed by atoms with Gasteiger partial charge in [-0.3, -0.25) is 0 Å². The first-order valence-electron chi connectivity index (χ1n) is 8.47. The third-order valence-corrected chi connectivity index (χ3v) is 5.48. The van der Waals surface area contributed by atoms with E-state index < -0.39 is 6.03 Å². The molecule has 0 bridgehead atoms. The lowest BCUT2D eigenvalue weighted by Gasteiger charge is -2.27. The summed E-state index contributed by atoms with van der Waals surface area (Å²) in [5, 5.41) is 13.4. The lowest BCUT2D eigenvalue weighted by Crippen LogP contribution is -2.28. The van der Waals surface area contributed by atoms with Crippen molar-refractivity contribution in [2.45, 2.75) is 12.5 Å². The molecule has 0 saturated heterocycles. The lowest BCUT2D eigenvalue weighted by molar-refractivity contribution is 0.252. The molecule has 4 rings (SSSR count). The molecule has 3 aromatic rings. The molecule has 0 aliphatic carbocycles. The van der Waals surface area contributed by atoms with Gasteiger partial charge in [0, 0.05) is 33.3 Å². The Morgan fingerprint density at radius 3 is 2.70 bits per heavy atom. The molecule has 2 amide bonds. The third-order valence-electron chi connectivity index (χ3n) is 4.25. The monoisotopic (exact) mass is 396 g/mol. The molecule has 1 aromatic heterocycles. The molecule has 3 N–H and O–H groups in total. The van der Waals surface area contributed by atoms with Crippen molar-refractivity contribution in [3.8, 4) is 0 Å². The Morgan fingerprint density at radius 1 is 1.11 bits per heavy atom. The second-order valence-electron chi connectivity index (χ2n) is 6.09. The van der Waals surface area contributed by atoms with Crippen molar-refractivity contribution < 1.29 is 4.79 Å². The van der Waals surface area contributed by atoms with Crippen LogP contribution >= 0.6 is 22.9 Å². The van der Waals surface area contributed by atoms with Crippen LogP contribution in [0.2, 0.25) is 5.02 Å². The number of hydrogen-bond donors (Lipinski definition) is 3. The first kappa shape index (κ1) is 17.6. The Morgan fingerprint density at radius 2 is 1.93 bits per heavy atom. The average molecular weight is 397 g/mol. The fourth-order valence-electron chi connectivity index (χ4n) is 2.98. The third kappa shape index (κ3) is 4.13. The van der Waals surface area contributed by atoms with Gasteiger partial charge in [0.15, 0.2) is 0 Å². The van der Waals surface area contributed by atoms with Crippen LogP contribution in [0.5, 0.6) is 0 Å². The van der Waals surface area contributed by atoms with Crippen LogP contribution < -0.4 is 16.1 Å². The van der Waals surface area contributed by atoms with Gasteiger partial charge in [0.2, 0.25) is 0 Å². The molecular weight excluding hydrogens is 380 g/mol. The number of carbonyl (C=O) groups is 1. The Balaban J connectivity index is 1.52. The van der Waals surface area contributed by atoms with E-state index in [2.05, 4.69) is 32.6 Å². The molecule has 2 aromatic carbocycles. The summed E-state index contributed by atoms with van der Waals surface area (Å²) in [5.41, 5.74) is 6.11. The van der Waals surface area contributed by atoms with E-state index in [4.69, 9.17) is 11.6 Å². The zero-order valence-electron chi connectivity index (χ0n) is 14.3. The van der Waals surface area contributed by atoms with E-state index in [9.17, 15) is 4.79 Å². The van der Waals surface area contributed by atoms with Crippen LogP contribution in [0.15, 0.2) is 71.1 Å². The van der Waals surface area contributed by atoms with Gasteiger partial charge in [-0.05, 0) is 41.8 Å². The van der Waals surface area contributed by atoms with Gasteiger partial charge in [0.1, 0.15) is 0 Å².